The van der Waals surface area contributed by atoms with Crippen molar-refractivity contribution in [1.82, 2.24) is 9.13 Å². The van der Waals surface area contributed by atoms with Crippen LogP contribution in [-0.2, 0) is 0 Å². The predicted octanol–water partition coefficient (Wildman–Crippen LogP) is 14.1. The van der Waals surface area contributed by atoms with Crippen LogP contribution in [0.25, 0.3) is 110 Å². The lowest BCUT2D eigenvalue weighted by atomic mass is 9.98. The van der Waals surface area contributed by atoms with Crippen LogP contribution >= 0.6 is 0 Å². The van der Waals surface area contributed by atoms with Gasteiger partial charge in [-0.3, -0.25) is 0 Å². The Morgan fingerprint density at radius 2 is 0.746 bits per heavy atom. The molecule has 0 saturated heterocycles. The fourth-order valence-corrected chi connectivity index (χ4v) is 9.18. The molecule has 0 bridgehead atoms. The molecule has 4 heteroatoms. The van der Waals surface area contributed by atoms with E-state index in [2.05, 4.69) is 185 Å². The molecule has 0 aliphatic carbocycles. The zero-order valence-corrected chi connectivity index (χ0v) is 31.8. The Morgan fingerprint density at radius 3 is 1.41 bits per heavy atom. The van der Waals surface area contributed by atoms with Crippen molar-refractivity contribution in [2.75, 3.05) is 0 Å². The number of nitrogens with zero attached hydrogens (tertiary/aromatic N) is 2. The second-order valence-electron chi connectivity index (χ2n) is 15.3. The minimum atomic E-state index is -0.338. The van der Waals surface area contributed by atoms with Gasteiger partial charge in [-0.05, 0) is 118 Å². The summed E-state index contributed by atoms with van der Waals surface area (Å²) >= 11 is 0. The second kappa shape index (κ2) is 13.1. The number of aromatic nitrogens is 2. The van der Waals surface area contributed by atoms with Crippen LogP contribution in [-0.4, -0.2) is 9.13 Å². The standard InChI is InChI=1S/C55H34N2O2/c58-55-49-33-37(22-26-43(49)46-27-23-40(34-54(46)59-55)35-12-3-1-4-13-35)36-14-11-17-42(30-36)57-51-21-10-8-19-45(51)48-32-39(25-29-53(48)57)38-24-28-52-47(31-38)44-18-7-9-20-50(44)56(52)41-15-5-2-6-16-41/h1-34H. The lowest BCUT2D eigenvalue weighted by Gasteiger charge is -2.12. The highest BCUT2D eigenvalue weighted by Crippen LogP contribution is 2.39. The van der Waals surface area contributed by atoms with E-state index < -0.39 is 0 Å². The van der Waals surface area contributed by atoms with Gasteiger partial charge in [0.05, 0.1) is 27.5 Å². The van der Waals surface area contributed by atoms with Crippen LogP contribution in [0.4, 0.5) is 0 Å². The Kier molecular flexibility index (Phi) is 7.35. The van der Waals surface area contributed by atoms with Gasteiger partial charge in [0.25, 0.3) is 0 Å². The quantitative estimate of drug-likeness (QED) is 0.130. The van der Waals surface area contributed by atoms with Crippen molar-refractivity contribution in [2.24, 2.45) is 0 Å². The molecule has 0 spiro atoms. The Balaban J connectivity index is 0.953. The van der Waals surface area contributed by atoms with Gasteiger partial charge in [0.2, 0.25) is 0 Å². The third-order valence-corrected chi connectivity index (χ3v) is 12.0. The molecule has 0 atom stereocenters. The number of fused-ring (bicyclic) bond motifs is 9. The van der Waals surface area contributed by atoms with Gasteiger partial charge in [0, 0.05) is 38.3 Å². The van der Waals surface area contributed by atoms with Crippen LogP contribution in [0.3, 0.4) is 0 Å². The number of para-hydroxylation sites is 3. The first kappa shape index (κ1) is 33.2. The molecule has 9 aromatic carbocycles. The zero-order chi connectivity index (χ0) is 39.0. The van der Waals surface area contributed by atoms with Crippen LogP contribution in [0.2, 0.25) is 0 Å². The highest BCUT2D eigenvalue weighted by molar-refractivity contribution is 6.13. The highest BCUT2D eigenvalue weighted by Gasteiger charge is 2.17. The van der Waals surface area contributed by atoms with E-state index in [1.54, 1.807) is 0 Å². The summed E-state index contributed by atoms with van der Waals surface area (Å²) in [6.45, 7) is 0. The SMILES string of the molecule is O=c1oc2cc(-c3ccccc3)ccc2c2ccc(-c3cccc(-n4c5ccccc5c5cc(-c6ccc7c(c6)c6ccccc6n7-c6ccccc6)ccc54)c3)cc12. The maximum absolute atomic E-state index is 13.5. The van der Waals surface area contributed by atoms with Crippen molar-refractivity contribution in [3.8, 4) is 44.8 Å². The number of hydrogen-bond acceptors (Lipinski definition) is 2. The Hall–Kier alpha value is -7.95. The van der Waals surface area contributed by atoms with Gasteiger partial charge in [-0.2, -0.15) is 0 Å². The first-order valence-electron chi connectivity index (χ1n) is 20.0. The second-order valence-corrected chi connectivity index (χ2v) is 15.3. The maximum Gasteiger partial charge on any atom is 0.344 e. The monoisotopic (exact) mass is 754 g/mol. The third-order valence-electron chi connectivity index (χ3n) is 12.0. The molecule has 0 N–H and O–H groups in total. The summed E-state index contributed by atoms with van der Waals surface area (Å²) in [5.74, 6) is 0. The molecule has 12 aromatic rings. The fourth-order valence-electron chi connectivity index (χ4n) is 9.18. The summed E-state index contributed by atoms with van der Waals surface area (Å²) in [6, 6.07) is 72.6. The van der Waals surface area contributed by atoms with E-state index in [1.165, 1.54) is 43.7 Å². The van der Waals surface area contributed by atoms with Gasteiger partial charge < -0.3 is 13.6 Å². The summed E-state index contributed by atoms with van der Waals surface area (Å²) in [6.07, 6.45) is 0. The number of benzene rings is 9. The summed E-state index contributed by atoms with van der Waals surface area (Å²) in [5.41, 5.74) is 13.5. The minimum absolute atomic E-state index is 0.338. The minimum Gasteiger partial charge on any atom is -0.422 e. The van der Waals surface area contributed by atoms with Gasteiger partial charge in [-0.25, -0.2) is 4.79 Å². The van der Waals surface area contributed by atoms with Crippen molar-refractivity contribution < 1.29 is 4.42 Å². The first-order chi connectivity index (χ1) is 29.2. The number of rotatable bonds is 5. The summed E-state index contributed by atoms with van der Waals surface area (Å²) in [7, 11) is 0. The lowest BCUT2D eigenvalue weighted by molar-refractivity contribution is 0.570. The average molecular weight is 755 g/mol. The van der Waals surface area contributed by atoms with Crippen LogP contribution < -0.4 is 5.63 Å². The van der Waals surface area contributed by atoms with Crippen molar-refractivity contribution in [3.05, 3.63) is 217 Å². The molecule has 3 heterocycles. The molecule has 0 unspecified atom stereocenters. The van der Waals surface area contributed by atoms with Crippen LogP contribution in [0, 0.1) is 0 Å². The Labute approximate surface area is 339 Å². The van der Waals surface area contributed by atoms with E-state index in [4.69, 9.17) is 4.42 Å². The van der Waals surface area contributed by atoms with E-state index in [-0.39, 0.29) is 5.63 Å². The molecular formula is C55H34N2O2. The molecule has 3 aromatic heterocycles. The molecule has 0 saturated carbocycles. The van der Waals surface area contributed by atoms with Crippen LogP contribution in [0.5, 0.6) is 0 Å². The number of hydrogen-bond donors (Lipinski definition) is 0. The smallest absolute Gasteiger partial charge is 0.344 e. The zero-order valence-electron chi connectivity index (χ0n) is 31.8. The molecular weight excluding hydrogens is 721 g/mol. The van der Waals surface area contributed by atoms with Crippen LogP contribution in [0.15, 0.2) is 215 Å². The first-order valence-corrected chi connectivity index (χ1v) is 20.0. The molecule has 0 aliphatic heterocycles. The molecule has 0 amide bonds. The Bertz CT molecular complexity index is 3690. The van der Waals surface area contributed by atoms with Gasteiger partial charge in [0.1, 0.15) is 5.58 Å². The van der Waals surface area contributed by atoms with Crippen LogP contribution in [0.1, 0.15) is 0 Å². The molecule has 0 aliphatic rings. The van der Waals surface area contributed by atoms with Gasteiger partial charge in [-0.1, -0.05) is 127 Å². The van der Waals surface area contributed by atoms with Crippen molar-refractivity contribution >= 4 is 65.4 Å². The van der Waals surface area contributed by atoms with Crippen molar-refractivity contribution in [3.63, 3.8) is 0 Å². The molecule has 59 heavy (non-hydrogen) atoms. The molecule has 0 radical (unpaired) electrons. The van der Waals surface area contributed by atoms with Gasteiger partial charge in [0.15, 0.2) is 0 Å². The summed E-state index contributed by atoms with van der Waals surface area (Å²) < 4.78 is 10.7. The van der Waals surface area contributed by atoms with Crippen molar-refractivity contribution in [2.45, 2.75) is 0 Å². The summed E-state index contributed by atoms with van der Waals surface area (Å²) in [5, 5.41) is 7.24. The van der Waals surface area contributed by atoms with Crippen molar-refractivity contribution in [1.29, 1.82) is 0 Å². The Morgan fingerprint density at radius 1 is 0.288 bits per heavy atom. The molecule has 12 rings (SSSR count). The third kappa shape index (κ3) is 5.27. The topological polar surface area (TPSA) is 40.1 Å². The molecule has 276 valence electrons. The average Bonchev–Trinajstić information content (AvgIpc) is 3.81. The molecule has 4 nitrogen and oxygen atoms in total. The summed E-state index contributed by atoms with van der Waals surface area (Å²) in [4.78, 5) is 13.5. The lowest BCUT2D eigenvalue weighted by Crippen LogP contribution is -2.00. The van der Waals surface area contributed by atoms with E-state index in [0.29, 0.717) is 11.0 Å². The maximum atomic E-state index is 13.5. The molecule has 0 fully saturated rings. The van der Waals surface area contributed by atoms with E-state index in [1.807, 2.05) is 30.3 Å². The largest absolute Gasteiger partial charge is 0.422 e. The normalized spacial score (nSPS) is 11.8. The van der Waals surface area contributed by atoms with Gasteiger partial charge in [-0.15, -0.1) is 0 Å². The fraction of sp³-hybridized carbons (Fsp3) is 0. The predicted molar refractivity (Wildman–Crippen MR) is 245 cm³/mol. The van der Waals surface area contributed by atoms with E-state index in [0.717, 1.165) is 55.4 Å². The van der Waals surface area contributed by atoms with Gasteiger partial charge >= 0.3 is 5.63 Å². The highest BCUT2D eigenvalue weighted by atomic mass is 16.4. The van der Waals surface area contributed by atoms with E-state index >= 15 is 0 Å². The van der Waals surface area contributed by atoms with E-state index in [9.17, 15) is 4.79 Å².